The molecule has 2 rings (SSSR count). The van der Waals surface area contributed by atoms with Crippen LogP contribution in [0, 0.1) is 13.8 Å². The van der Waals surface area contributed by atoms with Gasteiger partial charge in [0.2, 0.25) is 5.91 Å². The lowest BCUT2D eigenvalue weighted by Gasteiger charge is -2.44. The maximum Gasteiger partial charge on any atom is 0.408 e. The first-order valence-electron chi connectivity index (χ1n) is 14.4. The van der Waals surface area contributed by atoms with Crippen LogP contribution in [0.1, 0.15) is 89.6 Å². The van der Waals surface area contributed by atoms with E-state index in [1.165, 1.54) is 0 Å². The highest BCUT2D eigenvalue weighted by Crippen LogP contribution is 2.34. The van der Waals surface area contributed by atoms with Crippen molar-refractivity contribution in [3.05, 3.63) is 64.7 Å². The molecule has 0 spiro atoms. The summed E-state index contributed by atoms with van der Waals surface area (Å²) in [5.41, 5.74) is 3.04. The molecular formula is C33H49N3O4S. The average Bonchev–Trinajstić information content (AvgIpc) is 2.90. The lowest BCUT2D eigenvalue weighted by atomic mass is 9.91. The molecule has 2 aromatic carbocycles. The van der Waals surface area contributed by atoms with Crippen molar-refractivity contribution in [2.75, 3.05) is 17.3 Å². The van der Waals surface area contributed by atoms with E-state index >= 15 is 0 Å². The van der Waals surface area contributed by atoms with Crippen molar-refractivity contribution in [3.63, 3.8) is 0 Å². The highest BCUT2D eigenvalue weighted by atomic mass is 32.2. The van der Waals surface area contributed by atoms with Crippen molar-refractivity contribution < 1.29 is 19.1 Å². The highest BCUT2D eigenvalue weighted by molar-refractivity contribution is 7.98. The molecule has 2 unspecified atom stereocenters. The smallest absolute Gasteiger partial charge is 0.408 e. The summed E-state index contributed by atoms with van der Waals surface area (Å²) in [6, 6.07) is 11.9. The number of ether oxygens (including phenoxy) is 1. The first-order chi connectivity index (χ1) is 19.1. The van der Waals surface area contributed by atoms with Crippen molar-refractivity contribution in [2.24, 2.45) is 0 Å². The van der Waals surface area contributed by atoms with Crippen LogP contribution in [0.5, 0.6) is 0 Å². The molecule has 7 nitrogen and oxygen atoms in total. The van der Waals surface area contributed by atoms with Gasteiger partial charge >= 0.3 is 6.09 Å². The third-order valence-electron chi connectivity index (χ3n) is 7.29. The van der Waals surface area contributed by atoms with Gasteiger partial charge in [0, 0.05) is 11.2 Å². The van der Waals surface area contributed by atoms with E-state index in [2.05, 4.69) is 17.6 Å². The molecule has 41 heavy (non-hydrogen) atoms. The van der Waals surface area contributed by atoms with E-state index in [1.54, 1.807) is 37.4 Å². The average molecular weight is 584 g/mol. The maximum atomic E-state index is 14.6. The van der Waals surface area contributed by atoms with Crippen LogP contribution in [0.2, 0.25) is 0 Å². The Bertz CT molecular complexity index is 1170. The number of benzene rings is 2. The summed E-state index contributed by atoms with van der Waals surface area (Å²) in [7, 11) is 0. The predicted molar refractivity (Wildman–Crippen MR) is 170 cm³/mol. The number of hydrogen-bond donors (Lipinski definition) is 2. The first kappa shape index (κ1) is 34.2. The summed E-state index contributed by atoms with van der Waals surface area (Å²) in [6.45, 7) is 17.3. The number of carbonyl (C=O) groups excluding carboxylic acids is 3. The number of aryl methyl sites for hydroxylation is 3. The minimum Gasteiger partial charge on any atom is -0.444 e. The van der Waals surface area contributed by atoms with Crippen LogP contribution in [0.25, 0.3) is 0 Å². The monoisotopic (exact) mass is 583 g/mol. The molecule has 2 N–H and O–H groups in total. The molecule has 8 heteroatoms. The zero-order chi connectivity index (χ0) is 31.0. The van der Waals surface area contributed by atoms with Crippen LogP contribution in [-0.4, -0.2) is 52.0 Å². The van der Waals surface area contributed by atoms with E-state index in [1.807, 2.05) is 83.3 Å². The second-order valence-corrected chi connectivity index (χ2v) is 13.1. The number of hydrogen-bond acceptors (Lipinski definition) is 5. The SMILES string of the molecule is CCc1ccc(C(C(=O)Nc2c(C)cccc2C)N(C(=O)C(CCSC)NC(=O)OC(C)(C)C)C(C)(C)CC)cc1. The summed E-state index contributed by atoms with van der Waals surface area (Å²) in [5.74, 6) is 0.0252. The number of nitrogens with zero attached hydrogens (tertiary/aromatic N) is 1. The molecule has 0 heterocycles. The quantitative estimate of drug-likeness (QED) is 0.276. The van der Waals surface area contributed by atoms with E-state index < -0.39 is 29.3 Å². The maximum absolute atomic E-state index is 14.6. The number of para-hydroxylation sites is 1. The van der Waals surface area contributed by atoms with Gasteiger partial charge in [-0.25, -0.2) is 4.79 Å². The van der Waals surface area contributed by atoms with Crippen LogP contribution in [0.4, 0.5) is 10.5 Å². The lowest BCUT2D eigenvalue weighted by molar-refractivity contribution is -0.147. The zero-order valence-corrected chi connectivity index (χ0v) is 27.3. The summed E-state index contributed by atoms with van der Waals surface area (Å²) in [5, 5.41) is 5.96. The van der Waals surface area contributed by atoms with Gasteiger partial charge in [0.15, 0.2) is 0 Å². The minimum atomic E-state index is -0.931. The number of nitrogens with one attached hydrogen (secondary N) is 2. The number of carbonyl (C=O) groups is 3. The third kappa shape index (κ3) is 9.52. The molecule has 0 fully saturated rings. The van der Waals surface area contributed by atoms with E-state index in [-0.39, 0.29) is 11.8 Å². The number of amides is 3. The Morgan fingerprint density at radius 3 is 2.02 bits per heavy atom. The highest BCUT2D eigenvalue weighted by Gasteiger charge is 2.43. The largest absolute Gasteiger partial charge is 0.444 e. The fourth-order valence-electron chi connectivity index (χ4n) is 4.61. The zero-order valence-electron chi connectivity index (χ0n) is 26.5. The summed E-state index contributed by atoms with van der Waals surface area (Å²) >= 11 is 1.59. The first-order valence-corrected chi connectivity index (χ1v) is 15.8. The van der Waals surface area contributed by atoms with Crippen LogP contribution >= 0.6 is 11.8 Å². The van der Waals surface area contributed by atoms with Gasteiger partial charge in [0.25, 0.3) is 5.91 Å². The Morgan fingerprint density at radius 2 is 1.54 bits per heavy atom. The van der Waals surface area contributed by atoms with Gasteiger partial charge < -0.3 is 20.3 Å². The van der Waals surface area contributed by atoms with Crippen molar-refractivity contribution in [3.8, 4) is 0 Å². The van der Waals surface area contributed by atoms with Crippen LogP contribution in [0.15, 0.2) is 42.5 Å². The molecule has 0 aliphatic heterocycles. The van der Waals surface area contributed by atoms with E-state index in [0.29, 0.717) is 24.2 Å². The lowest BCUT2D eigenvalue weighted by Crippen LogP contribution is -2.59. The molecule has 0 saturated heterocycles. The molecule has 3 amide bonds. The van der Waals surface area contributed by atoms with Gasteiger partial charge in [0.1, 0.15) is 17.7 Å². The molecule has 0 radical (unpaired) electrons. The van der Waals surface area contributed by atoms with E-state index in [4.69, 9.17) is 4.74 Å². The number of rotatable bonds is 12. The molecule has 0 aliphatic carbocycles. The van der Waals surface area contributed by atoms with Crippen LogP contribution < -0.4 is 10.6 Å². The summed E-state index contributed by atoms with van der Waals surface area (Å²) in [4.78, 5) is 43.4. The molecule has 0 saturated carbocycles. The van der Waals surface area contributed by atoms with Gasteiger partial charge in [-0.15, -0.1) is 0 Å². The van der Waals surface area contributed by atoms with Gasteiger partial charge in [0.05, 0.1) is 0 Å². The van der Waals surface area contributed by atoms with Gasteiger partial charge in [-0.2, -0.15) is 11.8 Å². The minimum absolute atomic E-state index is 0.303. The van der Waals surface area contributed by atoms with Crippen LogP contribution in [0.3, 0.4) is 0 Å². The Hall–Kier alpha value is -3.00. The fourth-order valence-corrected chi connectivity index (χ4v) is 5.08. The van der Waals surface area contributed by atoms with E-state index in [9.17, 15) is 14.4 Å². The van der Waals surface area contributed by atoms with Gasteiger partial charge in [-0.3, -0.25) is 9.59 Å². The Kier molecular flexibility index (Phi) is 12.3. The summed E-state index contributed by atoms with van der Waals surface area (Å²) < 4.78 is 5.51. The number of alkyl carbamates (subject to hydrolysis) is 1. The molecule has 0 aromatic heterocycles. The molecule has 226 valence electrons. The second-order valence-electron chi connectivity index (χ2n) is 12.1. The molecule has 0 aliphatic rings. The van der Waals surface area contributed by atoms with Crippen LogP contribution in [-0.2, 0) is 20.7 Å². The van der Waals surface area contributed by atoms with Crippen molar-refractivity contribution in [1.29, 1.82) is 0 Å². The van der Waals surface area contributed by atoms with Crippen molar-refractivity contribution >= 4 is 35.4 Å². The molecular weight excluding hydrogens is 534 g/mol. The molecule has 2 atom stereocenters. The fraction of sp³-hybridized carbons (Fsp3) is 0.545. The van der Waals surface area contributed by atoms with E-state index in [0.717, 1.165) is 28.8 Å². The predicted octanol–water partition coefficient (Wildman–Crippen LogP) is 7.21. The van der Waals surface area contributed by atoms with Crippen molar-refractivity contribution in [1.82, 2.24) is 10.2 Å². The number of anilines is 1. The Balaban J connectivity index is 2.67. The van der Waals surface area contributed by atoms with Gasteiger partial charge in [-0.1, -0.05) is 56.3 Å². The third-order valence-corrected chi connectivity index (χ3v) is 7.94. The topological polar surface area (TPSA) is 87.7 Å². The molecule has 0 bridgehead atoms. The Labute approximate surface area is 251 Å². The number of thioether (sulfide) groups is 1. The van der Waals surface area contributed by atoms with Crippen molar-refractivity contribution in [2.45, 2.75) is 105 Å². The van der Waals surface area contributed by atoms with Gasteiger partial charge in [-0.05, 0) is 102 Å². The summed E-state index contributed by atoms with van der Waals surface area (Å²) in [6.07, 6.45) is 3.16. The normalized spacial score (nSPS) is 13.2. The standard InChI is InChI=1S/C33H49N3O4S/c1-11-24-16-18-25(19-17-24)28(29(37)35-27-22(3)14-13-15-23(27)4)36(33(8,9)12-2)30(38)26(20-21-41-10)34-31(39)40-32(5,6)7/h13-19,26,28H,11-12,20-21H2,1-10H3,(H,34,39)(H,35,37). The molecule has 2 aromatic rings. The second kappa shape index (κ2) is 14.8. The Morgan fingerprint density at radius 1 is 0.951 bits per heavy atom.